The van der Waals surface area contributed by atoms with E-state index in [2.05, 4.69) is 5.32 Å². The van der Waals surface area contributed by atoms with E-state index in [-0.39, 0.29) is 31.1 Å². The quantitative estimate of drug-likeness (QED) is 0.519. The Balaban J connectivity index is 2.03. The first-order valence-electron chi connectivity index (χ1n) is 3.96. The Hall–Kier alpha value is -0.160. The van der Waals surface area contributed by atoms with E-state index < -0.39 is 0 Å². The molecule has 0 amide bonds. The second kappa shape index (κ2) is 2.71. The van der Waals surface area contributed by atoms with E-state index in [4.69, 9.17) is 14.6 Å². The molecule has 2 fully saturated rings. The lowest BCUT2D eigenvalue weighted by molar-refractivity contribution is -0.103. The van der Waals surface area contributed by atoms with Crippen LogP contribution in [0.1, 0.15) is 6.92 Å². The van der Waals surface area contributed by atoms with Crippen molar-refractivity contribution < 1.29 is 14.6 Å². The Morgan fingerprint density at radius 2 is 2.36 bits per heavy atom. The second-order valence-corrected chi connectivity index (χ2v) is 3.10. The van der Waals surface area contributed by atoms with Gasteiger partial charge in [-0.3, -0.25) is 0 Å². The third-order valence-electron chi connectivity index (χ3n) is 2.26. The van der Waals surface area contributed by atoms with Crippen LogP contribution in [0.5, 0.6) is 0 Å². The Morgan fingerprint density at radius 1 is 1.55 bits per heavy atom. The molecule has 0 aromatic heterocycles. The number of nitrogens with one attached hydrogen (secondary N) is 1. The largest absolute Gasteiger partial charge is 0.394 e. The van der Waals surface area contributed by atoms with Gasteiger partial charge >= 0.3 is 0 Å². The van der Waals surface area contributed by atoms with Crippen LogP contribution in [0.4, 0.5) is 0 Å². The van der Waals surface area contributed by atoms with Gasteiger partial charge in [0.1, 0.15) is 12.2 Å². The molecule has 0 saturated carbocycles. The predicted octanol–water partition coefficient (Wildman–Crippen LogP) is -0.920. The Bertz CT molecular complexity index is 153. The van der Waals surface area contributed by atoms with Crippen molar-refractivity contribution in [2.45, 2.75) is 31.5 Å². The maximum Gasteiger partial charge on any atom is 0.173 e. The first-order valence-corrected chi connectivity index (χ1v) is 3.96. The highest BCUT2D eigenvalue weighted by molar-refractivity contribution is 4.87. The highest BCUT2D eigenvalue weighted by atomic mass is 16.7. The average Bonchev–Trinajstić information content (AvgIpc) is 2.37. The lowest BCUT2D eigenvalue weighted by Crippen LogP contribution is -2.47. The van der Waals surface area contributed by atoms with E-state index in [1.54, 1.807) is 0 Å². The zero-order valence-electron chi connectivity index (χ0n) is 6.49. The number of rotatable bonds is 1. The van der Waals surface area contributed by atoms with Crippen molar-refractivity contribution in [3.8, 4) is 0 Å². The van der Waals surface area contributed by atoms with Gasteiger partial charge in [0.25, 0.3) is 0 Å². The van der Waals surface area contributed by atoms with Crippen LogP contribution in [0.3, 0.4) is 0 Å². The van der Waals surface area contributed by atoms with Gasteiger partial charge < -0.3 is 19.9 Å². The van der Waals surface area contributed by atoms with Crippen LogP contribution in [0.25, 0.3) is 0 Å². The lowest BCUT2D eigenvalue weighted by Gasteiger charge is -2.25. The van der Waals surface area contributed by atoms with Crippen LogP contribution in [0, 0.1) is 0 Å². The number of fused-ring (bicyclic) bond motifs is 2. The Kier molecular flexibility index (Phi) is 1.85. The maximum atomic E-state index is 8.87. The van der Waals surface area contributed by atoms with Crippen LogP contribution in [0.15, 0.2) is 0 Å². The number of morpholine rings is 1. The van der Waals surface area contributed by atoms with E-state index in [0.717, 1.165) is 6.54 Å². The Labute approximate surface area is 65.5 Å². The summed E-state index contributed by atoms with van der Waals surface area (Å²) in [6, 6.07) is 0.239. The van der Waals surface area contributed by atoms with Gasteiger partial charge in [0, 0.05) is 6.54 Å². The van der Waals surface area contributed by atoms with Crippen molar-refractivity contribution >= 4 is 0 Å². The highest BCUT2D eigenvalue weighted by Gasteiger charge is 2.41. The molecule has 64 valence electrons. The summed E-state index contributed by atoms with van der Waals surface area (Å²) in [5.74, 6) is 0. The molecule has 2 aliphatic heterocycles. The summed E-state index contributed by atoms with van der Waals surface area (Å²) in [5, 5.41) is 12.1. The highest BCUT2D eigenvalue weighted by Crippen LogP contribution is 2.24. The van der Waals surface area contributed by atoms with E-state index in [0.29, 0.717) is 0 Å². The molecule has 2 bridgehead atoms. The number of hydrogen-bond acceptors (Lipinski definition) is 4. The molecular weight excluding hydrogens is 146 g/mol. The SMILES string of the molecule is C[C@@H]1NC[C@@H]2O[C@H]1O[C@@H]2CO. The van der Waals surface area contributed by atoms with Gasteiger partial charge in [0.15, 0.2) is 6.29 Å². The standard InChI is InChI=1S/C7H13NO3/c1-4-7-10-5(2-8-4)6(3-9)11-7/h4-9H,2-3H2,1H3/t4-,5-,6+,7-/m0/s1. The molecule has 2 heterocycles. The third kappa shape index (κ3) is 1.16. The van der Waals surface area contributed by atoms with Crippen molar-refractivity contribution in [1.82, 2.24) is 5.32 Å². The smallest absolute Gasteiger partial charge is 0.173 e. The minimum absolute atomic E-state index is 0.0428. The zero-order valence-corrected chi connectivity index (χ0v) is 6.49. The fourth-order valence-corrected chi connectivity index (χ4v) is 1.53. The minimum atomic E-state index is -0.161. The van der Waals surface area contributed by atoms with E-state index in [9.17, 15) is 0 Å². The number of ether oxygens (including phenoxy) is 2. The molecule has 4 nitrogen and oxygen atoms in total. The van der Waals surface area contributed by atoms with E-state index in [1.807, 2.05) is 6.92 Å². The third-order valence-corrected chi connectivity index (χ3v) is 2.26. The summed E-state index contributed by atoms with van der Waals surface area (Å²) in [7, 11) is 0. The van der Waals surface area contributed by atoms with Crippen LogP contribution < -0.4 is 5.32 Å². The topological polar surface area (TPSA) is 50.7 Å². The lowest BCUT2D eigenvalue weighted by atomic mass is 10.2. The molecule has 2 saturated heterocycles. The van der Waals surface area contributed by atoms with Gasteiger partial charge in [-0.1, -0.05) is 0 Å². The van der Waals surface area contributed by atoms with Gasteiger partial charge in [-0.2, -0.15) is 0 Å². The summed E-state index contributed by atoms with van der Waals surface area (Å²) >= 11 is 0. The van der Waals surface area contributed by atoms with E-state index >= 15 is 0 Å². The summed E-state index contributed by atoms with van der Waals surface area (Å²) in [6.07, 6.45) is -0.246. The van der Waals surface area contributed by atoms with Crippen LogP contribution in [0.2, 0.25) is 0 Å². The minimum Gasteiger partial charge on any atom is -0.394 e. The summed E-state index contributed by atoms with van der Waals surface area (Å²) in [4.78, 5) is 0. The van der Waals surface area contributed by atoms with Gasteiger partial charge in [0.05, 0.1) is 12.6 Å². The normalized spacial score (nSPS) is 49.6. The maximum absolute atomic E-state index is 8.87. The summed E-state index contributed by atoms with van der Waals surface area (Å²) in [6.45, 7) is 2.85. The number of aliphatic hydroxyl groups is 1. The fraction of sp³-hybridized carbons (Fsp3) is 1.00. The molecule has 0 radical (unpaired) electrons. The molecule has 0 aliphatic carbocycles. The Morgan fingerprint density at radius 3 is 3.00 bits per heavy atom. The van der Waals surface area contributed by atoms with E-state index in [1.165, 1.54) is 0 Å². The van der Waals surface area contributed by atoms with Crippen molar-refractivity contribution in [2.24, 2.45) is 0 Å². The van der Waals surface area contributed by atoms with Crippen molar-refractivity contribution in [1.29, 1.82) is 0 Å². The number of aliphatic hydroxyl groups excluding tert-OH is 1. The molecule has 4 heteroatoms. The van der Waals surface area contributed by atoms with Gasteiger partial charge in [-0.25, -0.2) is 0 Å². The van der Waals surface area contributed by atoms with Gasteiger partial charge in [-0.15, -0.1) is 0 Å². The van der Waals surface area contributed by atoms with Crippen LogP contribution in [-0.2, 0) is 9.47 Å². The molecule has 0 aromatic rings. The van der Waals surface area contributed by atoms with Crippen molar-refractivity contribution in [2.75, 3.05) is 13.2 Å². The molecule has 2 rings (SSSR count). The second-order valence-electron chi connectivity index (χ2n) is 3.10. The average molecular weight is 159 g/mol. The first-order chi connectivity index (χ1) is 5.31. The number of hydrogen-bond donors (Lipinski definition) is 2. The predicted molar refractivity (Wildman–Crippen MR) is 38.1 cm³/mol. The molecule has 0 unspecified atom stereocenters. The van der Waals surface area contributed by atoms with Crippen LogP contribution >= 0.6 is 0 Å². The van der Waals surface area contributed by atoms with Crippen molar-refractivity contribution in [3.63, 3.8) is 0 Å². The molecule has 0 aromatic carbocycles. The van der Waals surface area contributed by atoms with Crippen LogP contribution in [-0.4, -0.2) is 42.8 Å². The summed E-state index contributed by atoms with van der Waals surface area (Å²) in [5.41, 5.74) is 0. The van der Waals surface area contributed by atoms with Gasteiger partial charge in [0.2, 0.25) is 0 Å². The fourth-order valence-electron chi connectivity index (χ4n) is 1.53. The molecule has 11 heavy (non-hydrogen) atoms. The van der Waals surface area contributed by atoms with Crippen molar-refractivity contribution in [3.05, 3.63) is 0 Å². The summed E-state index contributed by atoms with van der Waals surface area (Å²) < 4.78 is 10.9. The molecule has 2 N–H and O–H groups in total. The molecule has 0 spiro atoms. The zero-order chi connectivity index (χ0) is 7.84. The molecule has 4 atom stereocenters. The molecular formula is C7H13NO3. The molecule has 2 aliphatic rings. The monoisotopic (exact) mass is 159 g/mol. The first kappa shape index (κ1) is 7.49. The van der Waals surface area contributed by atoms with Gasteiger partial charge in [-0.05, 0) is 6.92 Å².